The van der Waals surface area contributed by atoms with Crippen LogP contribution >= 0.6 is 0 Å². The van der Waals surface area contributed by atoms with E-state index in [2.05, 4.69) is 32.9 Å². The molecule has 0 aromatic heterocycles. The van der Waals surface area contributed by atoms with Gasteiger partial charge in [0, 0.05) is 5.56 Å². The van der Waals surface area contributed by atoms with Gasteiger partial charge in [-0.15, -0.1) is 0 Å². The minimum Gasteiger partial charge on any atom is -0.508 e. The van der Waals surface area contributed by atoms with Crippen LogP contribution < -0.4 is 0 Å². The van der Waals surface area contributed by atoms with Gasteiger partial charge in [0.1, 0.15) is 5.75 Å². The monoisotopic (exact) mass is 430 g/mol. The molecular weight excluding hydrogens is 376 g/mol. The zero-order valence-electron chi connectivity index (χ0n) is 21.4. The number of aromatic hydroxyl groups is 1. The number of phenols is 1. The lowest BCUT2D eigenvalue weighted by molar-refractivity contribution is 0.296. The van der Waals surface area contributed by atoms with Gasteiger partial charge >= 0.3 is 0 Å². The van der Waals surface area contributed by atoms with Gasteiger partial charge in [0.15, 0.2) is 0 Å². The van der Waals surface area contributed by atoms with Crippen LogP contribution in [0.4, 0.5) is 0 Å². The Bertz CT molecular complexity index is 501. The van der Waals surface area contributed by atoms with E-state index < -0.39 is 0 Å². The van der Waals surface area contributed by atoms with E-state index in [1.165, 1.54) is 134 Å². The van der Waals surface area contributed by atoms with Crippen LogP contribution in [0.3, 0.4) is 0 Å². The summed E-state index contributed by atoms with van der Waals surface area (Å²) in [6.07, 6.45) is 26.8. The van der Waals surface area contributed by atoms with Crippen LogP contribution in [0.2, 0.25) is 0 Å². The summed E-state index contributed by atoms with van der Waals surface area (Å²) in [5.74, 6) is 0.523. The molecule has 1 aromatic carbocycles. The Morgan fingerprint density at radius 3 is 1.35 bits per heavy atom. The molecule has 0 spiro atoms. The third kappa shape index (κ3) is 12.0. The maximum absolute atomic E-state index is 10.7. The van der Waals surface area contributed by atoms with E-state index in [1.54, 1.807) is 0 Å². The van der Waals surface area contributed by atoms with Crippen molar-refractivity contribution in [1.29, 1.82) is 0 Å². The van der Waals surface area contributed by atoms with Gasteiger partial charge in [-0.25, -0.2) is 0 Å². The number of unbranched alkanes of at least 4 members (excludes halogenated alkanes) is 14. The fourth-order valence-corrected chi connectivity index (χ4v) is 5.37. The molecule has 0 atom stereocenters. The number of phenolic OH excluding ortho intramolecular Hbond substituents is 1. The van der Waals surface area contributed by atoms with Gasteiger partial charge in [0.25, 0.3) is 0 Å². The Morgan fingerprint density at radius 2 is 0.935 bits per heavy atom. The SMILES string of the molecule is CCCCCCCCCCC(CCC)(CCCCCCCCCC)c1ccccc1O. The van der Waals surface area contributed by atoms with Crippen molar-refractivity contribution in [2.24, 2.45) is 0 Å². The van der Waals surface area contributed by atoms with Gasteiger partial charge in [-0.05, 0) is 30.7 Å². The molecule has 0 aliphatic carbocycles. The molecule has 1 aromatic rings. The molecule has 0 aliphatic rings. The maximum atomic E-state index is 10.7. The summed E-state index contributed by atoms with van der Waals surface area (Å²) >= 11 is 0. The molecule has 1 N–H and O–H groups in total. The zero-order valence-corrected chi connectivity index (χ0v) is 21.4. The summed E-state index contributed by atoms with van der Waals surface area (Å²) < 4.78 is 0. The summed E-state index contributed by atoms with van der Waals surface area (Å²) in [5.41, 5.74) is 1.40. The first-order chi connectivity index (χ1) is 15.2. The highest BCUT2D eigenvalue weighted by molar-refractivity contribution is 5.38. The summed E-state index contributed by atoms with van der Waals surface area (Å²) in [6.45, 7) is 6.90. The smallest absolute Gasteiger partial charge is 0.119 e. The van der Waals surface area contributed by atoms with Gasteiger partial charge < -0.3 is 5.11 Å². The van der Waals surface area contributed by atoms with Gasteiger partial charge in [-0.1, -0.05) is 148 Å². The van der Waals surface area contributed by atoms with E-state index in [0.29, 0.717) is 5.75 Å². The molecule has 31 heavy (non-hydrogen) atoms. The van der Waals surface area contributed by atoms with Gasteiger partial charge in [0.05, 0.1) is 0 Å². The van der Waals surface area contributed by atoms with Crippen molar-refractivity contribution in [1.82, 2.24) is 0 Å². The lowest BCUT2D eigenvalue weighted by Gasteiger charge is -2.35. The van der Waals surface area contributed by atoms with Crippen molar-refractivity contribution in [3.63, 3.8) is 0 Å². The van der Waals surface area contributed by atoms with Crippen molar-refractivity contribution >= 4 is 0 Å². The third-order valence-corrected chi connectivity index (χ3v) is 7.22. The van der Waals surface area contributed by atoms with Gasteiger partial charge in [-0.2, -0.15) is 0 Å². The quantitative estimate of drug-likeness (QED) is 0.192. The first kappa shape index (κ1) is 28.1. The summed E-state index contributed by atoms with van der Waals surface area (Å²) in [5, 5.41) is 10.7. The van der Waals surface area contributed by atoms with Crippen molar-refractivity contribution in [3.8, 4) is 5.75 Å². The van der Waals surface area contributed by atoms with Crippen molar-refractivity contribution in [2.45, 2.75) is 155 Å². The molecule has 0 fully saturated rings. The van der Waals surface area contributed by atoms with E-state index in [-0.39, 0.29) is 5.41 Å². The van der Waals surface area contributed by atoms with Crippen molar-refractivity contribution < 1.29 is 5.11 Å². The van der Waals surface area contributed by atoms with Crippen LogP contribution in [0.5, 0.6) is 5.75 Å². The zero-order chi connectivity index (χ0) is 22.6. The fraction of sp³-hybridized carbons (Fsp3) is 0.800. The molecule has 180 valence electrons. The minimum atomic E-state index is 0.171. The fourth-order valence-electron chi connectivity index (χ4n) is 5.37. The minimum absolute atomic E-state index is 0.171. The standard InChI is InChI=1S/C30H54O/c1-4-7-9-11-13-15-17-21-26-30(25-6-3,28-23-19-20-24-29(28)31)27-22-18-16-14-12-10-8-5-2/h19-20,23-24,31H,4-18,21-22,25-27H2,1-3H3. The highest BCUT2D eigenvalue weighted by Crippen LogP contribution is 2.43. The second-order valence-electron chi connectivity index (χ2n) is 10.00. The Hall–Kier alpha value is -0.980. The van der Waals surface area contributed by atoms with Crippen LogP contribution in [0, 0.1) is 0 Å². The third-order valence-electron chi connectivity index (χ3n) is 7.22. The average Bonchev–Trinajstić information content (AvgIpc) is 2.77. The van der Waals surface area contributed by atoms with Crippen molar-refractivity contribution in [2.75, 3.05) is 0 Å². The Labute approximate surface area is 195 Å². The Kier molecular flexibility index (Phi) is 16.8. The van der Waals surface area contributed by atoms with E-state index in [4.69, 9.17) is 0 Å². The van der Waals surface area contributed by atoms with E-state index in [0.717, 1.165) is 0 Å². The largest absolute Gasteiger partial charge is 0.508 e. The number of rotatable bonds is 21. The molecule has 0 unspecified atom stereocenters. The first-order valence-electron chi connectivity index (χ1n) is 14.0. The van der Waals surface area contributed by atoms with Gasteiger partial charge in [0.2, 0.25) is 0 Å². The van der Waals surface area contributed by atoms with Crippen LogP contribution in [0.1, 0.15) is 155 Å². The molecule has 0 saturated heterocycles. The predicted molar refractivity (Wildman–Crippen MR) is 139 cm³/mol. The van der Waals surface area contributed by atoms with E-state index in [9.17, 15) is 5.11 Å². The predicted octanol–water partition coefficient (Wildman–Crippen LogP) is 10.5. The lowest BCUT2D eigenvalue weighted by atomic mass is 9.69. The average molecular weight is 431 g/mol. The topological polar surface area (TPSA) is 20.2 Å². The number of hydrogen-bond donors (Lipinski definition) is 1. The lowest BCUT2D eigenvalue weighted by Crippen LogP contribution is -2.26. The summed E-state index contributed by atoms with van der Waals surface area (Å²) in [4.78, 5) is 0. The molecule has 0 aliphatic heterocycles. The molecule has 0 radical (unpaired) electrons. The Morgan fingerprint density at radius 1 is 0.516 bits per heavy atom. The van der Waals surface area contributed by atoms with Crippen LogP contribution in [0.15, 0.2) is 24.3 Å². The Balaban J connectivity index is 2.58. The highest BCUT2D eigenvalue weighted by Gasteiger charge is 2.32. The summed E-state index contributed by atoms with van der Waals surface area (Å²) in [6, 6.07) is 8.21. The van der Waals surface area contributed by atoms with E-state index in [1.807, 2.05) is 12.1 Å². The number of benzene rings is 1. The first-order valence-corrected chi connectivity index (χ1v) is 14.0. The van der Waals surface area contributed by atoms with Crippen LogP contribution in [-0.2, 0) is 5.41 Å². The molecule has 1 rings (SSSR count). The van der Waals surface area contributed by atoms with Crippen LogP contribution in [0.25, 0.3) is 0 Å². The van der Waals surface area contributed by atoms with Gasteiger partial charge in [-0.3, -0.25) is 0 Å². The molecule has 1 nitrogen and oxygen atoms in total. The molecule has 0 amide bonds. The van der Waals surface area contributed by atoms with Crippen LogP contribution in [-0.4, -0.2) is 5.11 Å². The molecule has 0 heterocycles. The molecule has 0 bridgehead atoms. The molecular formula is C30H54O. The second kappa shape index (κ2) is 18.6. The molecule has 1 heteroatoms. The van der Waals surface area contributed by atoms with E-state index >= 15 is 0 Å². The van der Waals surface area contributed by atoms with Crippen molar-refractivity contribution in [3.05, 3.63) is 29.8 Å². The summed E-state index contributed by atoms with van der Waals surface area (Å²) in [7, 11) is 0. The number of hydrogen-bond acceptors (Lipinski definition) is 1. The highest BCUT2D eigenvalue weighted by atomic mass is 16.3. The normalized spacial score (nSPS) is 11.8. The second-order valence-corrected chi connectivity index (χ2v) is 10.00. The number of para-hydroxylation sites is 1. The molecule has 0 saturated carbocycles. The maximum Gasteiger partial charge on any atom is 0.119 e.